The monoisotopic (exact) mass is 374 g/mol. The molecule has 0 saturated heterocycles. The second-order valence-corrected chi connectivity index (χ2v) is 5.92. The maximum atomic E-state index is 11.9. The molecule has 0 bridgehead atoms. The van der Waals surface area contributed by atoms with E-state index in [1.165, 1.54) is 12.4 Å². The lowest BCUT2D eigenvalue weighted by Crippen LogP contribution is -2.23. The van der Waals surface area contributed by atoms with Crippen LogP contribution in [-0.2, 0) is 0 Å². The van der Waals surface area contributed by atoms with Crippen molar-refractivity contribution in [2.24, 2.45) is 5.73 Å². The largest absolute Gasteiger partial charge is 0.422 e. The maximum Gasteiger partial charge on any atom is 0.384 e. The van der Waals surface area contributed by atoms with Gasteiger partial charge in [0.25, 0.3) is 0 Å². The van der Waals surface area contributed by atoms with Crippen LogP contribution in [0.3, 0.4) is 0 Å². The van der Waals surface area contributed by atoms with Crippen molar-refractivity contribution in [1.82, 2.24) is 19.7 Å². The number of nitrogens with two attached hydrogens (primary N) is 1. The van der Waals surface area contributed by atoms with Crippen LogP contribution in [0.25, 0.3) is 22.2 Å². The van der Waals surface area contributed by atoms with Gasteiger partial charge in [0.1, 0.15) is 5.82 Å². The molecule has 9 nitrogen and oxygen atoms in total. The van der Waals surface area contributed by atoms with Crippen molar-refractivity contribution in [2.75, 3.05) is 5.32 Å². The van der Waals surface area contributed by atoms with Gasteiger partial charge in [-0.1, -0.05) is 12.1 Å². The van der Waals surface area contributed by atoms with E-state index in [4.69, 9.17) is 5.73 Å². The number of nitrogens with one attached hydrogen (secondary N) is 1. The third kappa shape index (κ3) is 3.01. The van der Waals surface area contributed by atoms with Crippen LogP contribution in [0.15, 0.2) is 65.8 Å². The zero-order valence-electron chi connectivity index (χ0n) is 14.4. The highest BCUT2D eigenvalue weighted by molar-refractivity contribution is 5.99. The lowest BCUT2D eigenvalue weighted by atomic mass is 10.0. The van der Waals surface area contributed by atoms with Crippen LogP contribution in [0.2, 0.25) is 0 Å². The van der Waals surface area contributed by atoms with E-state index in [0.29, 0.717) is 32.5 Å². The zero-order valence-corrected chi connectivity index (χ0v) is 14.4. The Labute approximate surface area is 158 Å². The SMILES string of the molecule is NC(=O)c1ccncc1-c1cccc(Nc2nc(=O)n(O)c3ncccc23)c1. The highest BCUT2D eigenvalue weighted by Crippen LogP contribution is 2.27. The number of anilines is 2. The minimum atomic E-state index is -0.854. The summed E-state index contributed by atoms with van der Waals surface area (Å²) in [7, 11) is 0. The van der Waals surface area contributed by atoms with E-state index in [0.717, 1.165) is 0 Å². The molecule has 0 unspecified atom stereocenters. The van der Waals surface area contributed by atoms with Gasteiger partial charge in [-0.05, 0) is 35.9 Å². The predicted molar refractivity (Wildman–Crippen MR) is 102 cm³/mol. The van der Waals surface area contributed by atoms with Crippen molar-refractivity contribution in [3.8, 4) is 11.1 Å². The van der Waals surface area contributed by atoms with E-state index >= 15 is 0 Å². The smallest absolute Gasteiger partial charge is 0.384 e. The lowest BCUT2D eigenvalue weighted by Gasteiger charge is -2.11. The first-order valence-corrected chi connectivity index (χ1v) is 8.23. The average Bonchev–Trinajstić information content (AvgIpc) is 2.72. The van der Waals surface area contributed by atoms with Gasteiger partial charge >= 0.3 is 5.69 Å². The summed E-state index contributed by atoms with van der Waals surface area (Å²) in [5.74, 6) is -0.307. The summed E-state index contributed by atoms with van der Waals surface area (Å²) < 4.78 is 0.395. The van der Waals surface area contributed by atoms with Crippen LogP contribution in [0.4, 0.5) is 11.5 Å². The third-order valence-electron chi connectivity index (χ3n) is 4.15. The van der Waals surface area contributed by atoms with Crippen LogP contribution >= 0.6 is 0 Å². The number of hydrogen-bond acceptors (Lipinski definition) is 7. The molecule has 0 aliphatic rings. The Morgan fingerprint density at radius 2 is 2.00 bits per heavy atom. The first-order valence-electron chi connectivity index (χ1n) is 8.23. The number of rotatable bonds is 4. The number of aromatic nitrogens is 4. The quantitative estimate of drug-likeness (QED) is 0.464. The van der Waals surface area contributed by atoms with Gasteiger partial charge in [-0.25, -0.2) is 9.78 Å². The van der Waals surface area contributed by atoms with Gasteiger partial charge in [-0.15, -0.1) is 4.73 Å². The number of nitrogens with zero attached hydrogens (tertiary/aromatic N) is 4. The Morgan fingerprint density at radius 1 is 1.14 bits per heavy atom. The molecule has 1 aromatic carbocycles. The summed E-state index contributed by atoms with van der Waals surface area (Å²) in [6.45, 7) is 0. The van der Waals surface area contributed by atoms with E-state index in [9.17, 15) is 14.8 Å². The molecule has 0 aliphatic heterocycles. The van der Waals surface area contributed by atoms with Gasteiger partial charge in [-0.3, -0.25) is 9.78 Å². The molecule has 3 aromatic heterocycles. The Kier molecular flexibility index (Phi) is 4.17. The summed E-state index contributed by atoms with van der Waals surface area (Å²) in [6, 6.07) is 12.1. The number of hydrogen-bond donors (Lipinski definition) is 3. The first kappa shape index (κ1) is 17.2. The van der Waals surface area contributed by atoms with Crippen LogP contribution in [0.5, 0.6) is 0 Å². The standard InChI is InChI=1S/C19H14N6O3/c20-16(26)13-6-8-21-10-15(13)11-3-1-4-12(9-11)23-17-14-5-2-7-22-18(14)25(28)19(27)24-17/h1-10,28H,(H2,20,26)(H,23,24,27). The molecule has 0 radical (unpaired) electrons. The summed E-state index contributed by atoms with van der Waals surface area (Å²) in [5.41, 5.74) is 6.95. The molecule has 0 spiro atoms. The Morgan fingerprint density at radius 3 is 2.82 bits per heavy atom. The summed E-state index contributed by atoms with van der Waals surface area (Å²) in [4.78, 5) is 35.5. The molecular weight excluding hydrogens is 360 g/mol. The molecule has 0 atom stereocenters. The van der Waals surface area contributed by atoms with E-state index in [-0.39, 0.29) is 11.5 Å². The minimum absolute atomic E-state index is 0.0874. The fraction of sp³-hybridized carbons (Fsp3) is 0. The molecular formula is C19H14N6O3. The highest BCUT2D eigenvalue weighted by Gasteiger charge is 2.13. The second kappa shape index (κ2) is 6.80. The average molecular weight is 374 g/mol. The molecule has 4 aromatic rings. The predicted octanol–water partition coefficient (Wildman–Crippen LogP) is 1.93. The van der Waals surface area contributed by atoms with Gasteiger partial charge in [-0.2, -0.15) is 4.98 Å². The number of carbonyl (C=O) groups is 1. The van der Waals surface area contributed by atoms with E-state index in [1.54, 1.807) is 42.6 Å². The van der Waals surface area contributed by atoms with E-state index in [1.807, 2.05) is 6.07 Å². The van der Waals surface area contributed by atoms with Gasteiger partial charge in [0.15, 0.2) is 5.65 Å². The van der Waals surface area contributed by atoms with Crippen molar-refractivity contribution in [3.63, 3.8) is 0 Å². The molecule has 138 valence electrons. The van der Waals surface area contributed by atoms with E-state index in [2.05, 4.69) is 20.3 Å². The molecule has 9 heteroatoms. The van der Waals surface area contributed by atoms with Gasteiger partial charge in [0.05, 0.1) is 5.39 Å². The number of fused-ring (bicyclic) bond motifs is 1. The third-order valence-corrected chi connectivity index (χ3v) is 4.15. The van der Waals surface area contributed by atoms with Crippen LogP contribution < -0.4 is 16.7 Å². The van der Waals surface area contributed by atoms with Crippen LogP contribution in [-0.4, -0.2) is 30.8 Å². The first-order chi connectivity index (χ1) is 13.5. The minimum Gasteiger partial charge on any atom is -0.422 e. The van der Waals surface area contributed by atoms with E-state index < -0.39 is 11.6 Å². The number of benzene rings is 1. The Balaban J connectivity index is 1.79. The molecule has 28 heavy (non-hydrogen) atoms. The fourth-order valence-corrected chi connectivity index (χ4v) is 2.88. The fourth-order valence-electron chi connectivity index (χ4n) is 2.88. The van der Waals surface area contributed by atoms with Crippen molar-refractivity contribution >= 4 is 28.4 Å². The normalized spacial score (nSPS) is 10.7. The highest BCUT2D eigenvalue weighted by atomic mass is 16.5. The maximum absolute atomic E-state index is 11.9. The molecule has 0 saturated carbocycles. The number of pyridine rings is 2. The lowest BCUT2D eigenvalue weighted by molar-refractivity contribution is 0.100. The van der Waals surface area contributed by atoms with Crippen molar-refractivity contribution in [3.05, 3.63) is 77.1 Å². The summed E-state index contributed by atoms with van der Waals surface area (Å²) in [6.07, 6.45) is 4.52. The van der Waals surface area contributed by atoms with Crippen molar-refractivity contribution in [2.45, 2.75) is 0 Å². The van der Waals surface area contributed by atoms with Gasteiger partial charge < -0.3 is 16.3 Å². The topological polar surface area (TPSA) is 136 Å². The summed E-state index contributed by atoms with van der Waals surface area (Å²) >= 11 is 0. The van der Waals surface area contributed by atoms with Crippen LogP contribution in [0, 0.1) is 0 Å². The zero-order chi connectivity index (χ0) is 19.7. The Hall–Kier alpha value is -4.27. The Bertz CT molecular complexity index is 1270. The van der Waals surface area contributed by atoms with Crippen molar-refractivity contribution in [1.29, 1.82) is 0 Å². The molecule has 4 rings (SSSR count). The number of amides is 1. The molecule has 0 aliphatic carbocycles. The number of primary amides is 1. The molecule has 0 fully saturated rings. The van der Waals surface area contributed by atoms with Crippen molar-refractivity contribution < 1.29 is 10.0 Å². The molecule has 1 amide bonds. The molecule has 4 N–H and O–H groups in total. The number of carbonyl (C=O) groups excluding carboxylic acids is 1. The molecule has 3 heterocycles. The second-order valence-electron chi connectivity index (χ2n) is 5.92. The van der Waals surface area contributed by atoms with Gasteiger partial charge in [0.2, 0.25) is 5.91 Å². The summed E-state index contributed by atoms with van der Waals surface area (Å²) in [5, 5.41) is 13.4. The van der Waals surface area contributed by atoms with Gasteiger partial charge in [0, 0.05) is 35.4 Å². The van der Waals surface area contributed by atoms with Crippen LogP contribution in [0.1, 0.15) is 10.4 Å².